The number of carbonyl (C=O) groups excluding carboxylic acids is 2. The predicted octanol–water partition coefficient (Wildman–Crippen LogP) is 4.33. The first-order valence-corrected chi connectivity index (χ1v) is 6.88. The number of allylic oxidation sites excluding steroid dienone is 1. The van der Waals surface area contributed by atoms with Crippen LogP contribution in [0.15, 0.2) is 67.3 Å². The Morgan fingerprint density at radius 1 is 1.00 bits per heavy atom. The number of hydrogen-bond acceptors (Lipinski definition) is 3. The maximum atomic E-state index is 12.0. The van der Waals surface area contributed by atoms with E-state index in [0.717, 1.165) is 11.6 Å². The zero-order valence-corrected chi connectivity index (χ0v) is 12.4. The lowest BCUT2D eigenvalue weighted by Crippen LogP contribution is -2.03. The molecular formula is C18H13ClO3. The van der Waals surface area contributed by atoms with Crippen LogP contribution in [-0.4, -0.2) is 11.8 Å². The van der Waals surface area contributed by atoms with E-state index >= 15 is 0 Å². The monoisotopic (exact) mass is 312 g/mol. The van der Waals surface area contributed by atoms with Gasteiger partial charge in [-0.15, -0.1) is 0 Å². The highest BCUT2D eigenvalue weighted by molar-refractivity contribution is 6.30. The number of esters is 1. The van der Waals surface area contributed by atoms with Crippen LogP contribution in [0.1, 0.15) is 15.9 Å². The lowest BCUT2D eigenvalue weighted by atomic mass is 10.1. The van der Waals surface area contributed by atoms with E-state index in [2.05, 4.69) is 6.58 Å². The van der Waals surface area contributed by atoms with E-state index in [9.17, 15) is 9.59 Å². The zero-order chi connectivity index (χ0) is 15.9. The lowest BCUT2D eigenvalue weighted by Gasteiger charge is -2.01. The summed E-state index contributed by atoms with van der Waals surface area (Å²) in [5.41, 5.74) is 1.39. The van der Waals surface area contributed by atoms with Gasteiger partial charge in [0.1, 0.15) is 5.75 Å². The van der Waals surface area contributed by atoms with Gasteiger partial charge in [-0.25, -0.2) is 4.79 Å². The van der Waals surface area contributed by atoms with Gasteiger partial charge in [0.25, 0.3) is 0 Å². The second-order valence-corrected chi connectivity index (χ2v) is 4.84. The van der Waals surface area contributed by atoms with Gasteiger partial charge < -0.3 is 4.74 Å². The first kappa shape index (κ1) is 15.7. The van der Waals surface area contributed by atoms with Crippen molar-refractivity contribution in [1.29, 1.82) is 0 Å². The number of ether oxygens (including phenoxy) is 1. The number of ketones is 1. The Kier molecular flexibility index (Phi) is 5.28. The Hall–Kier alpha value is -2.65. The van der Waals surface area contributed by atoms with Crippen LogP contribution >= 0.6 is 11.6 Å². The van der Waals surface area contributed by atoms with Crippen LogP contribution in [0.5, 0.6) is 5.75 Å². The number of carbonyl (C=O) groups is 2. The Labute approximate surface area is 133 Å². The molecule has 0 N–H and O–H groups in total. The average Bonchev–Trinajstić information content (AvgIpc) is 2.54. The lowest BCUT2D eigenvalue weighted by molar-refractivity contribution is -0.128. The minimum absolute atomic E-state index is 0.142. The Balaban J connectivity index is 2.04. The molecular weight excluding hydrogens is 300 g/mol. The van der Waals surface area contributed by atoms with E-state index in [-0.39, 0.29) is 5.78 Å². The molecule has 110 valence electrons. The molecule has 0 aliphatic heterocycles. The van der Waals surface area contributed by atoms with E-state index in [4.69, 9.17) is 16.3 Å². The summed E-state index contributed by atoms with van der Waals surface area (Å²) >= 11 is 5.80. The summed E-state index contributed by atoms with van der Waals surface area (Å²) in [6, 6.07) is 13.5. The summed E-state index contributed by atoms with van der Waals surface area (Å²) in [6.07, 6.45) is 4.27. The van der Waals surface area contributed by atoms with Gasteiger partial charge in [0.15, 0.2) is 5.78 Å². The molecule has 2 aromatic carbocycles. The molecule has 2 rings (SSSR count). The van der Waals surface area contributed by atoms with Crippen LogP contribution in [0.2, 0.25) is 5.02 Å². The van der Waals surface area contributed by atoms with Crippen molar-refractivity contribution < 1.29 is 14.3 Å². The average molecular weight is 313 g/mol. The fraction of sp³-hybridized carbons (Fsp3) is 0. The zero-order valence-electron chi connectivity index (χ0n) is 11.7. The molecule has 3 nitrogen and oxygen atoms in total. The van der Waals surface area contributed by atoms with Crippen molar-refractivity contribution in [3.63, 3.8) is 0 Å². The Bertz CT molecular complexity index is 713. The minimum atomic E-state index is -0.540. The molecule has 0 spiro atoms. The van der Waals surface area contributed by atoms with Crippen molar-refractivity contribution in [2.24, 2.45) is 0 Å². The molecule has 0 heterocycles. The second kappa shape index (κ2) is 7.38. The van der Waals surface area contributed by atoms with Crippen LogP contribution < -0.4 is 4.74 Å². The minimum Gasteiger partial charge on any atom is -0.423 e. The molecule has 2 aromatic rings. The van der Waals surface area contributed by atoms with Crippen molar-refractivity contribution in [2.45, 2.75) is 0 Å². The summed E-state index contributed by atoms with van der Waals surface area (Å²) in [6.45, 7) is 3.32. The van der Waals surface area contributed by atoms with Crippen LogP contribution in [0.4, 0.5) is 0 Å². The number of benzene rings is 2. The summed E-state index contributed by atoms with van der Waals surface area (Å²) in [5.74, 6) is -0.318. The number of hydrogen-bond donors (Lipinski definition) is 0. The number of rotatable bonds is 5. The molecule has 4 heteroatoms. The van der Waals surface area contributed by atoms with Gasteiger partial charge in [-0.1, -0.05) is 36.4 Å². The third-order valence-electron chi connectivity index (χ3n) is 2.82. The summed E-state index contributed by atoms with van der Waals surface area (Å²) < 4.78 is 4.94. The van der Waals surface area contributed by atoms with E-state index in [1.165, 1.54) is 6.08 Å². The Morgan fingerprint density at radius 2 is 1.64 bits per heavy atom. The molecule has 0 atom stereocenters. The molecule has 0 aromatic heterocycles. The molecule has 0 saturated carbocycles. The highest BCUT2D eigenvalue weighted by Crippen LogP contribution is 2.14. The van der Waals surface area contributed by atoms with E-state index in [0.29, 0.717) is 16.3 Å². The SMILES string of the molecule is C=CC(=O)Oc1ccc(C(=O)/C=C/c2ccc(Cl)cc2)cc1. The van der Waals surface area contributed by atoms with Crippen molar-refractivity contribution in [2.75, 3.05) is 0 Å². The molecule has 0 aliphatic carbocycles. The molecule has 0 bridgehead atoms. The maximum absolute atomic E-state index is 12.0. The number of halogens is 1. The second-order valence-electron chi connectivity index (χ2n) is 4.40. The third kappa shape index (κ3) is 4.43. The van der Waals surface area contributed by atoms with Gasteiger partial charge in [-0.2, -0.15) is 0 Å². The van der Waals surface area contributed by atoms with Gasteiger partial charge in [0, 0.05) is 16.7 Å². The van der Waals surface area contributed by atoms with Gasteiger partial charge in [-0.3, -0.25) is 4.79 Å². The Morgan fingerprint density at radius 3 is 2.23 bits per heavy atom. The molecule has 22 heavy (non-hydrogen) atoms. The van der Waals surface area contributed by atoms with E-state index < -0.39 is 5.97 Å². The normalized spacial score (nSPS) is 10.4. The van der Waals surface area contributed by atoms with E-state index in [1.54, 1.807) is 42.5 Å². The summed E-state index contributed by atoms with van der Waals surface area (Å²) in [5, 5.41) is 0.646. The molecule has 0 radical (unpaired) electrons. The van der Waals surface area contributed by atoms with Gasteiger partial charge in [0.2, 0.25) is 0 Å². The predicted molar refractivity (Wildman–Crippen MR) is 87.1 cm³/mol. The van der Waals surface area contributed by atoms with Crippen LogP contribution in [0.3, 0.4) is 0 Å². The van der Waals surface area contributed by atoms with Crippen molar-refractivity contribution in [1.82, 2.24) is 0 Å². The molecule has 0 amide bonds. The van der Waals surface area contributed by atoms with Gasteiger partial charge in [0.05, 0.1) is 0 Å². The van der Waals surface area contributed by atoms with Gasteiger partial charge >= 0.3 is 5.97 Å². The first-order chi connectivity index (χ1) is 10.6. The van der Waals surface area contributed by atoms with Crippen molar-refractivity contribution >= 4 is 29.4 Å². The van der Waals surface area contributed by atoms with Gasteiger partial charge in [-0.05, 0) is 48.0 Å². The molecule has 0 saturated heterocycles. The fourth-order valence-electron chi connectivity index (χ4n) is 1.69. The van der Waals surface area contributed by atoms with E-state index in [1.807, 2.05) is 12.1 Å². The van der Waals surface area contributed by atoms with Crippen molar-refractivity contribution in [3.05, 3.63) is 83.4 Å². The molecule has 0 fully saturated rings. The largest absolute Gasteiger partial charge is 0.423 e. The van der Waals surface area contributed by atoms with Crippen LogP contribution in [0.25, 0.3) is 6.08 Å². The quantitative estimate of drug-likeness (QED) is 0.357. The summed E-state index contributed by atoms with van der Waals surface area (Å²) in [7, 11) is 0. The third-order valence-corrected chi connectivity index (χ3v) is 3.07. The standard InChI is InChI=1S/C18H13ClO3/c1-2-18(21)22-16-10-6-14(7-11-16)17(20)12-5-13-3-8-15(19)9-4-13/h2-12H,1H2/b12-5+. The van der Waals surface area contributed by atoms with Crippen LogP contribution in [0, 0.1) is 0 Å². The summed E-state index contributed by atoms with van der Waals surface area (Å²) in [4.78, 5) is 23.1. The van der Waals surface area contributed by atoms with Crippen molar-refractivity contribution in [3.8, 4) is 5.75 Å². The molecule has 0 aliphatic rings. The fourth-order valence-corrected chi connectivity index (χ4v) is 1.81. The highest BCUT2D eigenvalue weighted by atomic mass is 35.5. The molecule has 0 unspecified atom stereocenters. The van der Waals surface area contributed by atoms with Crippen LogP contribution in [-0.2, 0) is 4.79 Å². The first-order valence-electron chi connectivity index (χ1n) is 6.51. The topological polar surface area (TPSA) is 43.4 Å². The smallest absolute Gasteiger partial charge is 0.335 e. The highest BCUT2D eigenvalue weighted by Gasteiger charge is 2.04. The maximum Gasteiger partial charge on any atom is 0.335 e.